The van der Waals surface area contributed by atoms with Crippen molar-refractivity contribution in [3.63, 3.8) is 0 Å². The van der Waals surface area contributed by atoms with E-state index in [2.05, 4.69) is 4.98 Å². The number of likely N-dealkylation sites (tertiary alicyclic amines) is 1. The van der Waals surface area contributed by atoms with Crippen molar-refractivity contribution in [3.8, 4) is 0 Å². The van der Waals surface area contributed by atoms with Crippen LogP contribution in [0.2, 0.25) is 0 Å². The lowest BCUT2D eigenvalue weighted by molar-refractivity contribution is 0.0604. The molecule has 5 nitrogen and oxygen atoms in total. The van der Waals surface area contributed by atoms with E-state index in [1.165, 1.54) is 0 Å². The Morgan fingerprint density at radius 1 is 1.19 bits per heavy atom. The zero-order valence-electron chi connectivity index (χ0n) is 15.7. The lowest BCUT2D eigenvalue weighted by Gasteiger charge is -2.35. The Hall–Kier alpha value is -2.95. The van der Waals surface area contributed by atoms with Crippen LogP contribution < -0.4 is 5.43 Å². The van der Waals surface area contributed by atoms with E-state index in [1.54, 1.807) is 12.4 Å². The number of amides is 1. The zero-order valence-corrected chi connectivity index (χ0v) is 15.7. The molecule has 4 rings (SSSR count). The first-order valence-corrected chi connectivity index (χ1v) is 9.38. The molecule has 1 aromatic carbocycles. The van der Waals surface area contributed by atoms with E-state index in [9.17, 15) is 9.59 Å². The Kier molecular flexibility index (Phi) is 4.52. The van der Waals surface area contributed by atoms with Gasteiger partial charge in [0.2, 0.25) is 5.43 Å². The van der Waals surface area contributed by atoms with Gasteiger partial charge in [-0.3, -0.25) is 14.6 Å². The molecule has 0 bridgehead atoms. The Balaban J connectivity index is 1.79. The number of piperidine rings is 1. The Labute approximate surface area is 158 Å². The summed E-state index contributed by atoms with van der Waals surface area (Å²) in [6.45, 7) is 2.60. The number of aromatic nitrogens is 2. The van der Waals surface area contributed by atoms with E-state index >= 15 is 0 Å². The number of hydrogen-bond acceptors (Lipinski definition) is 3. The van der Waals surface area contributed by atoms with Gasteiger partial charge in [-0.15, -0.1) is 0 Å². The highest BCUT2D eigenvalue weighted by Gasteiger charge is 2.31. The van der Waals surface area contributed by atoms with Gasteiger partial charge < -0.3 is 9.47 Å². The van der Waals surface area contributed by atoms with Crippen molar-refractivity contribution in [2.24, 2.45) is 7.05 Å². The van der Waals surface area contributed by atoms with Gasteiger partial charge in [0.15, 0.2) is 0 Å². The second-order valence-corrected chi connectivity index (χ2v) is 7.27. The molecule has 0 spiro atoms. The second kappa shape index (κ2) is 6.99. The number of hydrogen-bond donors (Lipinski definition) is 0. The summed E-state index contributed by atoms with van der Waals surface area (Å²) in [6, 6.07) is 11.5. The van der Waals surface area contributed by atoms with E-state index in [0.717, 1.165) is 36.0 Å². The number of pyridine rings is 2. The van der Waals surface area contributed by atoms with Gasteiger partial charge in [0, 0.05) is 31.4 Å². The molecular formula is C22H23N3O2. The van der Waals surface area contributed by atoms with Crippen LogP contribution in [0.15, 0.2) is 53.6 Å². The van der Waals surface area contributed by atoms with Crippen LogP contribution in [0.5, 0.6) is 0 Å². The Bertz CT molecular complexity index is 1060. The van der Waals surface area contributed by atoms with Crippen LogP contribution >= 0.6 is 0 Å². The number of carbonyl (C=O) groups excluding carboxylic acids is 1. The Morgan fingerprint density at radius 2 is 2.04 bits per heavy atom. The molecule has 3 heterocycles. The Morgan fingerprint density at radius 3 is 2.81 bits per heavy atom. The smallest absolute Gasteiger partial charge is 0.259 e. The molecule has 0 radical (unpaired) electrons. The summed E-state index contributed by atoms with van der Waals surface area (Å²) in [5.74, 6) is -0.200. The van der Waals surface area contributed by atoms with Crippen LogP contribution in [0.25, 0.3) is 10.9 Å². The normalized spacial score (nSPS) is 17.3. The molecule has 0 aliphatic carbocycles. The number of fused-ring (bicyclic) bond motifs is 1. The van der Waals surface area contributed by atoms with Gasteiger partial charge in [0.05, 0.1) is 17.3 Å². The highest BCUT2D eigenvalue weighted by molar-refractivity contribution is 5.97. The molecule has 138 valence electrons. The van der Waals surface area contributed by atoms with Crippen LogP contribution in [-0.2, 0) is 7.05 Å². The third-order valence-electron chi connectivity index (χ3n) is 5.37. The fraction of sp³-hybridized carbons (Fsp3) is 0.318. The lowest BCUT2D eigenvalue weighted by atomic mass is 9.97. The molecule has 0 N–H and O–H groups in total. The van der Waals surface area contributed by atoms with Crippen molar-refractivity contribution in [1.29, 1.82) is 0 Å². The van der Waals surface area contributed by atoms with E-state index in [1.807, 2.05) is 59.8 Å². The van der Waals surface area contributed by atoms with Crippen molar-refractivity contribution in [3.05, 3.63) is 75.8 Å². The minimum Gasteiger partial charge on any atom is -0.350 e. The van der Waals surface area contributed by atoms with Gasteiger partial charge in [-0.1, -0.05) is 17.7 Å². The maximum Gasteiger partial charge on any atom is 0.259 e. The summed E-state index contributed by atoms with van der Waals surface area (Å²) in [6.07, 6.45) is 6.30. The average Bonchev–Trinajstić information content (AvgIpc) is 2.70. The van der Waals surface area contributed by atoms with Gasteiger partial charge in [0.1, 0.15) is 5.56 Å². The highest BCUT2D eigenvalue weighted by atomic mass is 16.2. The van der Waals surface area contributed by atoms with Crippen molar-refractivity contribution in [2.75, 3.05) is 6.54 Å². The van der Waals surface area contributed by atoms with Crippen molar-refractivity contribution in [1.82, 2.24) is 14.5 Å². The molecule has 1 aliphatic heterocycles. The van der Waals surface area contributed by atoms with Crippen LogP contribution in [0, 0.1) is 6.92 Å². The quantitative estimate of drug-likeness (QED) is 0.701. The average molecular weight is 361 g/mol. The zero-order chi connectivity index (χ0) is 19.0. The molecule has 27 heavy (non-hydrogen) atoms. The number of carbonyl (C=O) groups is 1. The largest absolute Gasteiger partial charge is 0.350 e. The summed E-state index contributed by atoms with van der Waals surface area (Å²) in [4.78, 5) is 32.7. The van der Waals surface area contributed by atoms with E-state index < -0.39 is 0 Å². The predicted octanol–water partition coefficient (Wildman–Crippen LogP) is 3.61. The number of aryl methyl sites for hydroxylation is 2. The summed E-state index contributed by atoms with van der Waals surface area (Å²) in [5, 5.41) is 0.592. The molecule has 1 atom stereocenters. The van der Waals surface area contributed by atoms with Gasteiger partial charge in [-0.25, -0.2) is 0 Å². The highest BCUT2D eigenvalue weighted by Crippen LogP contribution is 2.30. The molecular weight excluding hydrogens is 338 g/mol. The molecule has 1 amide bonds. The first kappa shape index (κ1) is 17.5. The minimum atomic E-state index is -0.200. The third kappa shape index (κ3) is 3.14. The topological polar surface area (TPSA) is 55.2 Å². The van der Waals surface area contributed by atoms with Crippen LogP contribution in [-0.4, -0.2) is 26.9 Å². The summed E-state index contributed by atoms with van der Waals surface area (Å²) in [7, 11) is 1.88. The van der Waals surface area contributed by atoms with Gasteiger partial charge in [-0.05, 0) is 50.5 Å². The summed E-state index contributed by atoms with van der Waals surface area (Å²) in [5.41, 5.74) is 2.77. The maximum absolute atomic E-state index is 13.4. The number of nitrogens with zero attached hydrogens (tertiary/aromatic N) is 3. The molecule has 1 fully saturated rings. The van der Waals surface area contributed by atoms with Crippen molar-refractivity contribution in [2.45, 2.75) is 32.2 Å². The molecule has 0 saturated carbocycles. The maximum atomic E-state index is 13.4. The summed E-state index contributed by atoms with van der Waals surface area (Å²) < 4.78 is 1.86. The first-order valence-electron chi connectivity index (χ1n) is 9.38. The van der Waals surface area contributed by atoms with Gasteiger partial charge in [0.25, 0.3) is 5.91 Å². The fourth-order valence-corrected chi connectivity index (χ4v) is 3.97. The number of rotatable bonds is 2. The van der Waals surface area contributed by atoms with Crippen molar-refractivity contribution < 1.29 is 4.79 Å². The van der Waals surface area contributed by atoms with Crippen LogP contribution in [0.1, 0.15) is 46.9 Å². The van der Waals surface area contributed by atoms with E-state index in [0.29, 0.717) is 11.9 Å². The standard InChI is InChI=1S/C22H23N3O2/c1-15-9-10-19-16(13-15)21(26)17(14-24(19)2)22(27)25-12-6-4-8-20(25)18-7-3-5-11-23-18/h3,5,7,9-11,13-14,20H,4,6,8,12H2,1-2H3/t20-/m1/s1. The fourth-order valence-electron chi connectivity index (χ4n) is 3.97. The number of benzene rings is 1. The monoisotopic (exact) mass is 361 g/mol. The van der Waals surface area contributed by atoms with Crippen LogP contribution in [0.4, 0.5) is 0 Å². The molecule has 3 aromatic rings. The molecule has 0 unspecified atom stereocenters. The van der Waals surface area contributed by atoms with Crippen LogP contribution in [0.3, 0.4) is 0 Å². The summed E-state index contributed by atoms with van der Waals surface area (Å²) >= 11 is 0. The van der Waals surface area contributed by atoms with Gasteiger partial charge >= 0.3 is 0 Å². The predicted molar refractivity (Wildman–Crippen MR) is 106 cm³/mol. The molecule has 1 saturated heterocycles. The molecule has 2 aromatic heterocycles. The second-order valence-electron chi connectivity index (χ2n) is 7.27. The van der Waals surface area contributed by atoms with E-state index in [4.69, 9.17) is 0 Å². The molecule has 5 heteroatoms. The van der Waals surface area contributed by atoms with Gasteiger partial charge in [-0.2, -0.15) is 0 Å². The lowest BCUT2D eigenvalue weighted by Crippen LogP contribution is -2.41. The van der Waals surface area contributed by atoms with Crippen molar-refractivity contribution >= 4 is 16.8 Å². The third-order valence-corrected chi connectivity index (χ3v) is 5.37. The first-order chi connectivity index (χ1) is 13.1. The van der Waals surface area contributed by atoms with E-state index in [-0.39, 0.29) is 22.9 Å². The SMILES string of the molecule is Cc1ccc2c(c1)c(=O)c(C(=O)N1CCCC[C@@H]1c1ccccn1)cn2C. The minimum absolute atomic E-state index is 0.0784. The molecule has 1 aliphatic rings.